The van der Waals surface area contributed by atoms with E-state index in [0.717, 1.165) is 26.8 Å². The first-order valence-electron chi connectivity index (χ1n) is 21.4. The van der Waals surface area contributed by atoms with Gasteiger partial charge in [0, 0.05) is 62.9 Å². The molecule has 64 heavy (non-hydrogen) atoms. The number of nitrogens with zero attached hydrogens (tertiary/aromatic N) is 1. The molecule has 11 atom stereocenters. The zero-order chi connectivity index (χ0) is 45.9. The highest BCUT2D eigenvalue weighted by molar-refractivity contribution is 7.99. The van der Waals surface area contributed by atoms with Crippen molar-refractivity contribution in [2.24, 2.45) is 22.7 Å². The summed E-state index contributed by atoms with van der Waals surface area (Å²) in [6.45, 7) is 5.58. The van der Waals surface area contributed by atoms with Gasteiger partial charge in [0.2, 0.25) is 17.7 Å². The van der Waals surface area contributed by atoms with Gasteiger partial charge in [0.15, 0.2) is 29.1 Å². The van der Waals surface area contributed by atoms with Crippen molar-refractivity contribution in [3.63, 3.8) is 0 Å². The molecule has 17 heteroatoms. The minimum absolute atomic E-state index is 0.107. The monoisotopic (exact) mass is 898 g/mol. The standard InChI is InChI=1S/C47H51FN4O11S/c1-25(49-38(57)17-19-52-39(58)14-15-40(52)59)41(60)50-26(2)42(61)51-29-6-5-7-32(21-29)64-31-11-8-27(9-12-31)43-62-37-22-34-33-13-10-28-20-30(54)16-18-44(28,3)46(33,48)35(55)23-45(34,4)47(37,63-43)36(56)24-53/h5-9,11-12,14-16,18,20-21,25-26,33-35,37,43,53,55H,10,13,17,19,22-24H2,1-4H3,(H,49,57)(H,50,60)(H,51,61)/t25-,26-,33-,34?,35-,37+,43+,44-,45-,46-,47+/m0/s1. The molecule has 1 saturated heterocycles. The van der Waals surface area contributed by atoms with E-state index < -0.39 is 106 Å². The largest absolute Gasteiger partial charge is 0.390 e. The Balaban J connectivity index is 0.879. The average Bonchev–Trinajstić information content (AvgIpc) is 3.88. The number of anilines is 1. The molecule has 2 aromatic carbocycles. The van der Waals surface area contributed by atoms with E-state index in [1.807, 2.05) is 37.3 Å². The molecule has 4 fully saturated rings. The molecule has 5 amide bonds. The molecule has 2 aliphatic heterocycles. The maximum Gasteiger partial charge on any atom is 0.253 e. The molecule has 0 radical (unpaired) electrons. The highest BCUT2D eigenvalue weighted by atomic mass is 32.2. The van der Waals surface area contributed by atoms with Crippen LogP contribution in [0.1, 0.15) is 71.7 Å². The van der Waals surface area contributed by atoms with E-state index >= 15 is 4.39 Å². The van der Waals surface area contributed by atoms with Gasteiger partial charge in [-0.15, -0.1) is 0 Å². The summed E-state index contributed by atoms with van der Waals surface area (Å²) < 4.78 is 30.9. The van der Waals surface area contributed by atoms with Crippen LogP contribution in [0.4, 0.5) is 10.1 Å². The minimum Gasteiger partial charge on any atom is -0.390 e. The Kier molecular flexibility index (Phi) is 12.0. The molecule has 2 aromatic rings. The number of fused-ring (bicyclic) bond motifs is 7. The third-order valence-corrected chi connectivity index (χ3v) is 15.4. The van der Waals surface area contributed by atoms with Gasteiger partial charge in [-0.3, -0.25) is 38.5 Å². The smallest absolute Gasteiger partial charge is 0.253 e. The lowest BCUT2D eigenvalue weighted by molar-refractivity contribution is -0.231. The van der Waals surface area contributed by atoms with Crippen molar-refractivity contribution in [2.45, 2.75) is 111 Å². The van der Waals surface area contributed by atoms with E-state index in [9.17, 15) is 43.8 Å². The Morgan fingerprint density at radius 3 is 2.34 bits per heavy atom. The van der Waals surface area contributed by atoms with Gasteiger partial charge in [0.25, 0.3) is 11.8 Å². The number of alkyl halides is 1. The average molecular weight is 899 g/mol. The fraction of sp³-hybridized carbons (Fsp3) is 0.468. The lowest BCUT2D eigenvalue weighted by atomic mass is 9.44. The van der Waals surface area contributed by atoms with Gasteiger partial charge in [-0.25, -0.2) is 4.39 Å². The van der Waals surface area contributed by atoms with Crippen LogP contribution in [-0.2, 0) is 43.0 Å². The molecular formula is C47H51FN4O11S. The first-order valence-corrected chi connectivity index (χ1v) is 22.3. The molecule has 4 aliphatic carbocycles. The number of allylic oxidation sites excluding steroid dienone is 4. The van der Waals surface area contributed by atoms with Crippen molar-refractivity contribution in [3.8, 4) is 0 Å². The van der Waals surface area contributed by atoms with E-state index in [2.05, 4.69) is 16.0 Å². The molecule has 5 N–H and O–H groups in total. The summed E-state index contributed by atoms with van der Waals surface area (Å²) in [6.07, 6.45) is 4.23. The van der Waals surface area contributed by atoms with Crippen molar-refractivity contribution in [1.29, 1.82) is 0 Å². The fourth-order valence-electron chi connectivity index (χ4n) is 11.1. The number of hydrogen-bond donors (Lipinski definition) is 5. The Hall–Kier alpha value is -5.33. The summed E-state index contributed by atoms with van der Waals surface area (Å²) in [5, 5.41) is 30.0. The van der Waals surface area contributed by atoms with Gasteiger partial charge in [-0.05, 0) is 94.9 Å². The van der Waals surface area contributed by atoms with Crippen LogP contribution in [0.15, 0.2) is 94.3 Å². The normalized spacial score (nSPS) is 33.4. The number of carbonyl (C=O) groups excluding carboxylic acids is 7. The van der Waals surface area contributed by atoms with Gasteiger partial charge in [0.05, 0.1) is 12.2 Å². The van der Waals surface area contributed by atoms with Crippen LogP contribution in [-0.4, -0.2) is 105 Å². The second-order valence-corrected chi connectivity index (χ2v) is 19.2. The van der Waals surface area contributed by atoms with Crippen molar-refractivity contribution in [2.75, 3.05) is 18.5 Å². The van der Waals surface area contributed by atoms with E-state index in [-0.39, 0.29) is 31.6 Å². The predicted molar refractivity (Wildman–Crippen MR) is 229 cm³/mol. The van der Waals surface area contributed by atoms with Crippen molar-refractivity contribution in [3.05, 3.63) is 90.0 Å². The Labute approximate surface area is 373 Å². The zero-order valence-corrected chi connectivity index (χ0v) is 36.6. The van der Waals surface area contributed by atoms with Gasteiger partial charge in [-0.1, -0.05) is 48.5 Å². The lowest BCUT2D eigenvalue weighted by Gasteiger charge is -2.62. The molecule has 0 bridgehead atoms. The second-order valence-electron chi connectivity index (χ2n) is 18.0. The van der Waals surface area contributed by atoms with E-state index in [4.69, 9.17) is 9.47 Å². The first-order chi connectivity index (χ1) is 30.3. The number of aliphatic hydroxyl groups excluding tert-OH is 2. The Morgan fingerprint density at radius 2 is 1.64 bits per heavy atom. The number of ketones is 2. The summed E-state index contributed by atoms with van der Waals surface area (Å²) in [4.78, 5) is 90.3. The number of rotatable bonds is 13. The maximum atomic E-state index is 17.7. The summed E-state index contributed by atoms with van der Waals surface area (Å²) in [5.41, 5.74) is -4.26. The highest BCUT2D eigenvalue weighted by Crippen LogP contribution is 2.72. The molecule has 338 valence electrons. The Bertz CT molecular complexity index is 2390. The summed E-state index contributed by atoms with van der Waals surface area (Å²) in [5.74, 6) is -4.54. The molecule has 0 aromatic heterocycles. The number of Topliss-reactive ketones (excluding diaryl/α,β-unsaturated/α-hetero) is 1. The number of imide groups is 1. The number of halogens is 1. The molecular weight excluding hydrogens is 848 g/mol. The van der Waals surface area contributed by atoms with E-state index in [0.29, 0.717) is 29.7 Å². The number of ether oxygens (including phenoxy) is 2. The fourth-order valence-corrected chi connectivity index (χ4v) is 12.0. The quantitative estimate of drug-likeness (QED) is 0.182. The van der Waals surface area contributed by atoms with Crippen molar-refractivity contribution >= 4 is 58.6 Å². The maximum absolute atomic E-state index is 17.7. The Morgan fingerprint density at radius 1 is 0.938 bits per heavy atom. The van der Waals surface area contributed by atoms with Gasteiger partial charge < -0.3 is 35.6 Å². The molecule has 8 rings (SSSR count). The molecule has 15 nitrogen and oxygen atoms in total. The summed E-state index contributed by atoms with van der Waals surface area (Å²) in [6, 6.07) is 12.5. The third kappa shape index (κ3) is 7.44. The molecule has 3 saturated carbocycles. The van der Waals surface area contributed by atoms with Crippen molar-refractivity contribution in [1.82, 2.24) is 15.5 Å². The van der Waals surface area contributed by atoms with Gasteiger partial charge in [-0.2, -0.15) is 0 Å². The number of carbonyl (C=O) groups is 7. The number of hydrogen-bond acceptors (Lipinski definition) is 12. The summed E-state index contributed by atoms with van der Waals surface area (Å²) >= 11 is 1.41. The van der Waals surface area contributed by atoms with Crippen LogP contribution >= 0.6 is 11.8 Å². The zero-order valence-electron chi connectivity index (χ0n) is 35.8. The van der Waals surface area contributed by atoms with Crippen LogP contribution in [0, 0.1) is 22.7 Å². The molecule has 2 heterocycles. The predicted octanol–water partition coefficient (Wildman–Crippen LogP) is 3.80. The topological polar surface area (TPSA) is 218 Å². The second kappa shape index (κ2) is 16.9. The van der Waals surface area contributed by atoms with Crippen LogP contribution in [0.2, 0.25) is 0 Å². The van der Waals surface area contributed by atoms with Gasteiger partial charge >= 0.3 is 0 Å². The molecule has 6 aliphatic rings. The first kappa shape index (κ1) is 45.2. The SMILES string of the molecule is C[C@H](NC(=O)CCN1C(=O)C=CC1=O)C(=O)N[C@@H](C)C(=O)Nc1cccc(Sc2ccc([C@@H]3O[C@@H]4CC5[C@@H]6CCC7=CC(=O)C=C[C@]7(C)[C@@]6(F)[C@@H](O)C[C@]5(C)[C@]4(C(=O)CO)O3)cc2)c1. The lowest BCUT2D eigenvalue weighted by Crippen LogP contribution is -2.69. The molecule has 1 unspecified atom stereocenters. The van der Waals surface area contributed by atoms with Crippen LogP contribution < -0.4 is 16.0 Å². The van der Waals surface area contributed by atoms with Gasteiger partial charge in [0.1, 0.15) is 18.7 Å². The number of aliphatic hydroxyl groups is 2. The van der Waals surface area contributed by atoms with Crippen LogP contribution in [0.5, 0.6) is 0 Å². The van der Waals surface area contributed by atoms with Crippen LogP contribution in [0.3, 0.4) is 0 Å². The van der Waals surface area contributed by atoms with Crippen molar-refractivity contribution < 1.29 is 57.6 Å². The highest BCUT2D eigenvalue weighted by Gasteiger charge is 2.79. The number of amides is 5. The third-order valence-electron chi connectivity index (χ3n) is 14.4. The number of nitrogens with one attached hydrogen (secondary N) is 3. The summed E-state index contributed by atoms with van der Waals surface area (Å²) in [7, 11) is 0. The number of benzene rings is 2. The van der Waals surface area contributed by atoms with E-state index in [1.165, 1.54) is 37.8 Å². The van der Waals surface area contributed by atoms with E-state index in [1.54, 1.807) is 31.2 Å². The molecule has 0 spiro atoms. The van der Waals surface area contributed by atoms with Crippen LogP contribution in [0.25, 0.3) is 0 Å². The minimum atomic E-state index is -2.10.